The normalized spacial score (nSPS) is 13.0. The van der Waals surface area contributed by atoms with Crippen LogP contribution in [0.2, 0.25) is 0 Å². The average molecular weight is 479 g/mol. The van der Waals surface area contributed by atoms with Crippen molar-refractivity contribution >= 4 is 33.3 Å². The number of furan rings is 1. The van der Waals surface area contributed by atoms with Crippen molar-refractivity contribution in [2.75, 3.05) is 0 Å². The minimum absolute atomic E-state index is 0.0795. The van der Waals surface area contributed by atoms with E-state index in [1.54, 1.807) is 12.3 Å². The van der Waals surface area contributed by atoms with E-state index in [2.05, 4.69) is 53.1 Å². The van der Waals surface area contributed by atoms with E-state index in [-0.39, 0.29) is 16.2 Å². The van der Waals surface area contributed by atoms with Gasteiger partial charge in [0.1, 0.15) is 16.4 Å². The lowest BCUT2D eigenvalue weighted by molar-refractivity contribution is 0.464. The highest BCUT2D eigenvalue weighted by Crippen LogP contribution is 2.36. The van der Waals surface area contributed by atoms with Crippen LogP contribution < -0.4 is 5.56 Å². The Morgan fingerprint density at radius 1 is 1.12 bits per heavy atom. The predicted octanol–water partition coefficient (Wildman–Crippen LogP) is 6.45. The molecule has 0 radical (unpaired) electrons. The Morgan fingerprint density at radius 3 is 2.61 bits per heavy atom. The van der Waals surface area contributed by atoms with Gasteiger partial charge >= 0.3 is 0 Å². The minimum Gasteiger partial charge on any atom is -0.464 e. The molecule has 7 nitrogen and oxygen atoms in total. The fraction of sp³-hybridized carbons (Fsp3) is 0.250. The molecule has 1 atom stereocenters. The molecule has 0 spiro atoms. The second kappa shape index (κ2) is 8.31. The zero-order valence-corrected chi connectivity index (χ0v) is 20.2. The van der Waals surface area contributed by atoms with Gasteiger partial charge in [0, 0.05) is 16.5 Å². The number of hydrogen-bond donors (Lipinski definition) is 1. The number of nitrogens with zero attached hydrogens (tertiary/aromatic N) is 3. The summed E-state index contributed by atoms with van der Waals surface area (Å²) < 4.78 is 11.3. The Kier molecular flexibility index (Phi) is 5.46. The third-order valence-corrected chi connectivity index (χ3v) is 7.13. The van der Waals surface area contributed by atoms with E-state index >= 15 is 0 Å². The van der Waals surface area contributed by atoms with Crippen LogP contribution in [-0.4, -0.2) is 20.2 Å². The van der Waals surface area contributed by atoms with Crippen LogP contribution in [0.5, 0.6) is 0 Å². The fourth-order valence-corrected chi connectivity index (χ4v) is 5.14. The smallest absolute Gasteiger partial charge is 0.277 e. The number of aromatic amines is 1. The third-order valence-electron chi connectivity index (χ3n) is 5.32. The van der Waals surface area contributed by atoms with Crippen molar-refractivity contribution in [2.45, 2.75) is 43.6 Å². The molecule has 0 aliphatic rings. The molecule has 168 valence electrons. The van der Waals surface area contributed by atoms with Gasteiger partial charge in [-0.1, -0.05) is 44.7 Å². The maximum atomic E-state index is 12.8. The quantitative estimate of drug-likeness (QED) is 0.290. The highest BCUT2D eigenvalue weighted by atomic mass is 32.2. The van der Waals surface area contributed by atoms with Gasteiger partial charge in [0.15, 0.2) is 0 Å². The first-order valence-electron chi connectivity index (χ1n) is 10.5. The number of thiophene rings is 1. The van der Waals surface area contributed by atoms with Gasteiger partial charge in [-0.3, -0.25) is 4.79 Å². The first-order valence-corrected chi connectivity index (χ1v) is 12.2. The van der Waals surface area contributed by atoms with Crippen molar-refractivity contribution in [3.8, 4) is 22.8 Å². The third kappa shape index (κ3) is 4.26. The summed E-state index contributed by atoms with van der Waals surface area (Å²) in [6.45, 7) is 8.47. The van der Waals surface area contributed by atoms with Gasteiger partial charge in [-0.05, 0) is 42.2 Å². The molecule has 9 heteroatoms. The second-order valence-electron chi connectivity index (χ2n) is 8.72. The summed E-state index contributed by atoms with van der Waals surface area (Å²) in [5.41, 5.74) is 2.74. The van der Waals surface area contributed by atoms with Crippen LogP contribution in [0.15, 0.2) is 66.9 Å². The summed E-state index contributed by atoms with van der Waals surface area (Å²) in [4.78, 5) is 21.1. The summed E-state index contributed by atoms with van der Waals surface area (Å²) >= 11 is 2.77. The Hall–Kier alpha value is -3.17. The lowest BCUT2D eigenvalue weighted by Gasteiger charge is -2.18. The van der Waals surface area contributed by atoms with E-state index in [0.717, 1.165) is 11.1 Å². The Morgan fingerprint density at radius 2 is 1.91 bits per heavy atom. The lowest BCUT2D eigenvalue weighted by Crippen LogP contribution is -2.12. The first kappa shape index (κ1) is 21.7. The Bertz CT molecular complexity index is 1460. The molecular weight excluding hydrogens is 456 g/mol. The molecule has 5 aromatic rings. The van der Waals surface area contributed by atoms with Gasteiger partial charge in [-0.15, -0.1) is 21.5 Å². The highest BCUT2D eigenvalue weighted by molar-refractivity contribution is 7.99. The Balaban J connectivity index is 1.37. The molecule has 1 aromatic carbocycles. The molecule has 0 aliphatic carbocycles. The van der Waals surface area contributed by atoms with Crippen LogP contribution >= 0.6 is 23.1 Å². The molecule has 1 N–H and O–H groups in total. The monoisotopic (exact) mass is 478 g/mol. The lowest BCUT2D eigenvalue weighted by atomic mass is 9.87. The predicted molar refractivity (Wildman–Crippen MR) is 131 cm³/mol. The fourth-order valence-electron chi connectivity index (χ4n) is 3.47. The largest absolute Gasteiger partial charge is 0.464 e. The van der Waals surface area contributed by atoms with Crippen LogP contribution in [-0.2, 0) is 5.41 Å². The molecule has 4 heterocycles. The number of rotatable bonds is 5. The molecule has 0 amide bonds. The van der Waals surface area contributed by atoms with Crippen LogP contribution in [0.25, 0.3) is 33.0 Å². The number of benzene rings is 1. The number of aromatic nitrogens is 4. The molecule has 5 rings (SSSR count). The van der Waals surface area contributed by atoms with E-state index in [1.807, 2.05) is 30.5 Å². The van der Waals surface area contributed by atoms with Gasteiger partial charge in [0.05, 0.1) is 16.9 Å². The number of nitrogens with one attached hydrogen (secondary N) is 1. The van der Waals surface area contributed by atoms with Crippen molar-refractivity contribution in [2.24, 2.45) is 0 Å². The van der Waals surface area contributed by atoms with Gasteiger partial charge in [0.25, 0.3) is 10.8 Å². The van der Waals surface area contributed by atoms with Crippen LogP contribution in [0.3, 0.4) is 0 Å². The van der Waals surface area contributed by atoms with E-state index in [1.165, 1.54) is 28.7 Å². The molecule has 0 saturated heterocycles. The van der Waals surface area contributed by atoms with E-state index in [4.69, 9.17) is 8.83 Å². The molecule has 0 bridgehead atoms. The number of thioether (sulfide) groups is 1. The number of fused-ring (bicyclic) bond motifs is 1. The van der Waals surface area contributed by atoms with E-state index in [0.29, 0.717) is 32.9 Å². The maximum absolute atomic E-state index is 12.8. The highest BCUT2D eigenvalue weighted by Gasteiger charge is 2.20. The van der Waals surface area contributed by atoms with Crippen LogP contribution in [0, 0.1) is 0 Å². The summed E-state index contributed by atoms with van der Waals surface area (Å²) in [5.74, 6) is 1.67. The topological polar surface area (TPSA) is 97.8 Å². The zero-order chi connectivity index (χ0) is 23.2. The number of H-pyrrole nitrogens is 1. The molecule has 4 aromatic heterocycles. The zero-order valence-electron chi connectivity index (χ0n) is 18.6. The molecule has 1 unspecified atom stereocenters. The standard InChI is InChI=1S/C24H22N4O3S2/c1-13(19-25-20(29)18-16(12-32-22(18)26-19)17-6-5-11-30-17)33-23-28-27-21(31-23)14-7-9-15(10-8-14)24(2,3)4/h5-13H,1-4H3,(H,25,26,29). The summed E-state index contributed by atoms with van der Waals surface area (Å²) in [7, 11) is 0. The van der Waals surface area contributed by atoms with Crippen molar-refractivity contribution in [3.05, 3.63) is 69.8 Å². The summed E-state index contributed by atoms with van der Waals surface area (Å²) in [5, 5.41) is 11.0. The first-order chi connectivity index (χ1) is 15.8. The van der Waals surface area contributed by atoms with E-state index in [9.17, 15) is 4.79 Å². The number of hydrogen-bond acceptors (Lipinski definition) is 8. The SMILES string of the molecule is CC(Sc1nnc(-c2ccc(C(C)(C)C)cc2)o1)c1nc2scc(-c3ccco3)c2c(=O)[nH]1. The van der Waals surface area contributed by atoms with Crippen LogP contribution in [0.4, 0.5) is 0 Å². The second-order valence-corrected chi connectivity index (χ2v) is 10.9. The molecular formula is C24H22N4O3S2. The summed E-state index contributed by atoms with van der Waals surface area (Å²) in [6.07, 6.45) is 1.59. The maximum Gasteiger partial charge on any atom is 0.277 e. The van der Waals surface area contributed by atoms with Crippen molar-refractivity contribution in [1.82, 2.24) is 20.2 Å². The molecule has 0 fully saturated rings. The van der Waals surface area contributed by atoms with Gasteiger partial charge in [0.2, 0.25) is 5.89 Å². The average Bonchev–Trinajstić information content (AvgIpc) is 3.53. The molecule has 0 aliphatic heterocycles. The van der Waals surface area contributed by atoms with Crippen LogP contribution in [0.1, 0.15) is 44.3 Å². The van der Waals surface area contributed by atoms with Crippen molar-refractivity contribution in [1.29, 1.82) is 0 Å². The summed E-state index contributed by atoms with van der Waals surface area (Å²) in [6, 6.07) is 11.8. The molecule has 0 saturated carbocycles. The van der Waals surface area contributed by atoms with Crippen molar-refractivity contribution < 1.29 is 8.83 Å². The molecule has 33 heavy (non-hydrogen) atoms. The van der Waals surface area contributed by atoms with E-state index < -0.39 is 0 Å². The van der Waals surface area contributed by atoms with Gasteiger partial charge in [-0.25, -0.2) is 4.98 Å². The van der Waals surface area contributed by atoms with Gasteiger partial charge < -0.3 is 13.8 Å². The van der Waals surface area contributed by atoms with Crippen molar-refractivity contribution in [3.63, 3.8) is 0 Å². The Labute approximate surface area is 198 Å². The van der Waals surface area contributed by atoms with Gasteiger partial charge in [-0.2, -0.15) is 0 Å². The minimum atomic E-state index is -0.194.